The summed E-state index contributed by atoms with van der Waals surface area (Å²) in [5.41, 5.74) is 1.01. The van der Waals surface area contributed by atoms with Crippen molar-refractivity contribution in [3.63, 3.8) is 0 Å². The molecule has 0 aliphatic heterocycles. The van der Waals surface area contributed by atoms with Gasteiger partial charge in [0.2, 0.25) is 0 Å². The van der Waals surface area contributed by atoms with Gasteiger partial charge in [-0.25, -0.2) is 4.39 Å². The third-order valence-corrected chi connectivity index (χ3v) is 2.60. The minimum atomic E-state index is -0.163. The van der Waals surface area contributed by atoms with E-state index >= 15 is 0 Å². The van der Waals surface area contributed by atoms with Crippen molar-refractivity contribution in [3.05, 3.63) is 35.6 Å². The molecular formula is C13H20FN. The predicted octanol–water partition coefficient (Wildman–Crippen LogP) is 3.66. The zero-order chi connectivity index (χ0) is 11.3. The summed E-state index contributed by atoms with van der Waals surface area (Å²) in [4.78, 5) is 0. The summed E-state index contributed by atoms with van der Waals surface area (Å²) in [6.07, 6.45) is 2.32. The molecule has 0 amide bonds. The van der Waals surface area contributed by atoms with Gasteiger partial charge < -0.3 is 5.32 Å². The Bertz CT molecular complexity index is 298. The quantitative estimate of drug-likeness (QED) is 0.780. The summed E-state index contributed by atoms with van der Waals surface area (Å²) in [6, 6.07) is 7.48. The number of rotatable bonds is 5. The Hall–Kier alpha value is -0.890. The Morgan fingerprint density at radius 3 is 2.67 bits per heavy atom. The Morgan fingerprint density at radius 1 is 1.33 bits per heavy atom. The van der Waals surface area contributed by atoms with Crippen LogP contribution < -0.4 is 5.32 Å². The molecule has 0 bridgehead atoms. The van der Waals surface area contributed by atoms with E-state index < -0.39 is 0 Å². The smallest absolute Gasteiger partial charge is 0.123 e. The Labute approximate surface area is 91.7 Å². The molecule has 2 atom stereocenters. The van der Waals surface area contributed by atoms with Gasteiger partial charge in [-0.2, -0.15) is 0 Å². The van der Waals surface area contributed by atoms with Gasteiger partial charge in [-0.3, -0.25) is 0 Å². The van der Waals surface area contributed by atoms with Crippen LogP contribution in [0.4, 0.5) is 4.39 Å². The maximum Gasteiger partial charge on any atom is 0.123 e. The van der Waals surface area contributed by atoms with E-state index in [4.69, 9.17) is 0 Å². The second kappa shape index (κ2) is 5.86. The monoisotopic (exact) mass is 209 g/mol. The number of hydrogen-bond donors (Lipinski definition) is 1. The molecule has 0 radical (unpaired) electrons. The van der Waals surface area contributed by atoms with Crippen LogP contribution in [-0.2, 0) is 0 Å². The number of hydrogen-bond acceptors (Lipinski definition) is 1. The van der Waals surface area contributed by atoms with Gasteiger partial charge in [-0.15, -0.1) is 0 Å². The molecule has 1 nitrogen and oxygen atoms in total. The first kappa shape index (κ1) is 12.2. The van der Waals surface area contributed by atoms with Crippen LogP contribution in [0.2, 0.25) is 0 Å². The van der Waals surface area contributed by atoms with Gasteiger partial charge in [-0.05, 0) is 38.0 Å². The maximum absolute atomic E-state index is 13.0. The van der Waals surface area contributed by atoms with E-state index in [1.54, 1.807) is 12.1 Å². The molecule has 0 fully saturated rings. The van der Waals surface area contributed by atoms with Gasteiger partial charge in [0.1, 0.15) is 5.82 Å². The normalized spacial score (nSPS) is 14.9. The molecule has 0 saturated heterocycles. The number of nitrogens with one attached hydrogen (secondary N) is 1. The van der Waals surface area contributed by atoms with Crippen LogP contribution in [0.3, 0.4) is 0 Å². The Kier molecular flexibility index (Phi) is 4.76. The van der Waals surface area contributed by atoms with Gasteiger partial charge in [0.25, 0.3) is 0 Å². The minimum absolute atomic E-state index is 0.163. The molecule has 1 rings (SSSR count). The highest BCUT2D eigenvalue weighted by atomic mass is 19.1. The molecule has 0 aliphatic rings. The van der Waals surface area contributed by atoms with Crippen molar-refractivity contribution in [1.82, 2.24) is 5.32 Å². The molecule has 1 N–H and O–H groups in total. The van der Waals surface area contributed by atoms with Crippen molar-refractivity contribution in [2.24, 2.45) is 0 Å². The fourth-order valence-electron chi connectivity index (χ4n) is 1.82. The molecule has 0 spiro atoms. The van der Waals surface area contributed by atoms with Crippen LogP contribution in [0.15, 0.2) is 24.3 Å². The Morgan fingerprint density at radius 2 is 2.07 bits per heavy atom. The molecule has 0 heterocycles. The van der Waals surface area contributed by atoms with E-state index in [-0.39, 0.29) is 11.9 Å². The summed E-state index contributed by atoms with van der Waals surface area (Å²) in [6.45, 7) is 6.41. The third kappa shape index (κ3) is 4.00. The van der Waals surface area contributed by atoms with Crippen molar-refractivity contribution >= 4 is 0 Å². The first-order chi connectivity index (χ1) is 7.13. The van der Waals surface area contributed by atoms with Crippen LogP contribution in [0.5, 0.6) is 0 Å². The zero-order valence-corrected chi connectivity index (χ0v) is 9.76. The predicted molar refractivity (Wildman–Crippen MR) is 62.3 cm³/mol. The summed E-state index contributed by atoms with van der Waals surface area (Å²) >= 11 is 0. The SMILES string of the molecule is CCCC(C)N[C@@H](C)c1cccc(F)c1. The number of benzene rings is 1. The molecular weight excluding hydrogens is 189 g/mol. The molecule has 1 aromatic rings. The fraction of sp³-hybridized carbons (Fsp3) is 0.538. The topological polar surface area (TPSA) is 12.0 Å². The molecule has 15 heavy (non-hydrogen) atoms. The van der Waals surface area contributed by atoms with Crippen LogP contribution in [0.25, 0.3) is 0 Å². The molecule has 1 unspecified atom stereocenters. The van der Waals surface area contributed by atoms with E-state index in [9.17, 15) is 4.39 Å². The lowest BCUT2D eigenvalue weighted by Gasteiger charge is -2.19. The van der Waals surface area contributed by atoms with Gasteiger partial charge in [0, 0.05) is 12.1 Å². The second-order valence-corrected chi connectivity index (χ2v) is 4.13. The number of halogens is 1. The van der Waals surface area contributed by atoms with Crippen molar-refractivity contribution in [2.75, 3.05) is 0 Å². The molecule has 0 aliphatic carbocycles. The van der Waals surface area contributed by atoms with Crippen molar-refractivity contribution in [2.45, 2.75) is 45.7 Å². The van der Waals surface area contributed by atoms with Gasteiger partial charge >= 0.3 is 0 Å². The maximum atomic E-state index is 13.0. The van der Waals surface area contributed by atoms with Gasteiger partial charge in [0.15, 0.2) is 0 Å². The molecule has 1 aromatic carbocycles. The highest BCUT2D eigenvalue weighted by molar-refractivity contribution is 5.19. The highest BCUT2D eigenvalue weighted by Crippen LogP contribution is 2.14. The largest absolute Gasteiger partial charge is 0.308 e. The zero-order valence-electron chi connectivity index (χ0n) is 9.76. The third-order valence-electron chi connectivity index (χ3n) is 2.60. The lowest BCUT2D eigenvalue weighted by molar-refractivity contribution is 0.451. The summed E-state index contributed by atoms with van der Waals surface area (Å²) in [5, 5.41) is 3.46. The van der Waals surface area contributed by atoms with E-state index in [0.29, 0.717) is 6.04 Å². The summed E-state index contributed by atoms with van der Waals surface area (Å²) in [7, 11) is 0. The van der Waals surface area contributed by atoms with E-state index in [1.165, 1.54) is 12.5 Å². The highest BCUT2D eigenvalue weighted by Gasteiger charge is 2.08. The summed E-state index contributed by atoms with van der Waals surface area (Å²) < 4.78 is 13.0. The van der Waals surface area contributed by atoms with Crippen LogP contribution in [0, 0.1) is 5.82 Å². The second-order valence-electron chi connectivity index (χ2n) is 4.13. The van der Waals surface area contributed by atoms with Crippen molar-refractivity contribution in [3.8, 4) is 0 Å². The van der Waals surface area contributed by atoms with Gasteiger partial charge in [0.05, 0.1) is 0 Å². The Balaban J connectivity index is 2.56. The van der Waals surface area contributed by atoms with Crippen LogP contribution in [0.1, 0.15) is 45.2 Å². The standard InChI is InChI=1S/C13H20FN/c1-4-6-10(2)15-11(3)12-7-5-8-13(14)9-12/h5,7-11,15H,4,6H2,1-3H3/t10?,11-/m0/s1. The first-order valence-electron chi connectivity index (χ1n) is 5.65. The first-order valence-corrected chi connectivity index (χ1v) is 5.65. The average Bonchev–Trinajstić information content (AvgIpc) is 2.18. The molecule has 0 aromatic heterocycles. The van der Waals surface area contributed by atoms with E-state index in [1.807, 2.05) is 6.07 Å². The average molecular weight is 209 g/mol. The molecule has 84 valence electrons. The van der Waals surface area contributed by atoms with Crippen molar-refractivity contribution in [1.29, 1.82) is 0 Å². The van der Waals surface area contributed by atoms with Gasteiger partial charge in [-0.1, -0.05) is 25.5 Å². The minimum Gasteiger partial charge on any atom is -0.308 e. The summed E-state index contributed by atoms with van der Waals surface area (Å²) in [5.74, 6) is -0.163. The lowest BCUT2D eigenvalue weighted by Crippen LogP contribution is -2.28. The van der Waals surface area contributed by atoms with Crippen LogP contribution in [-0.4, -0.2) is 6.04 Å². The van der Waals surface area contributed by atoms with E-state index in [0.717, 1.165) is 12.0 Å². The fourth-order valence-corrected chi connectivity index (χ4v) is 1.82. The van der Waals surface area contributed by atoms with Crippen LogP contribution >= 0.6 is 0 Å². The lowest BCUT2D eigenvalue weighted by atomic mass is 10.1. The van der Waals surface area contributed by atoms with Crippen molar-refractivity contribution < 1.29 is 4.39 Å². The molecule has 0 saturated carbocycles. The molecule has 2 heteroatoms. The van der Waals surface area contributed by atoms with E-state index in [2.05, 4.69) is 26.1 Å².